The molecular formula is C18H25N3OS. The van der Waals surface area contributed by atoms with Gasteiger partial charge in [0.2, 0.25) is 0 Å². The number of hydrogen-bond donors (Lipinski definition) is 1. The summed E-state index contributed by atoms with van der Waals surface area (Å²) in [6.07, 6.45) is 0. The number of benzene rings is 1. The first-order valence-electron chi connectivity index (χ1n) is 7.74. The Morgan fingerprint density at radius 2 is 1.96 bits per heavy atom. The summed E-state index contributed by atoms with van der Waals surface area (Å²) in [5.74, 6) is -0.0536. The Balaban J connectivity index is 2.24. The predicted octanol–water partition coefficient (Wildman–Crippen LogP) is 3.48. The van der Waals surface area contributed by atoms with Gasteiger partial charge in [0.1, 0.15) is 10.7 Å². The minimum Gasteiger partial charge on any atom is -0.336 e. The van der Waals surface area contributed by atoms with Gasteiger partial charge in [-0.05, 0) is 23.5 Å². The van der Waals surface area contributed by atoms with Crippen LogP contribution in [-0.2, 0) is 18.5 Å². The Hall–Kier alpha value is -1.72. The highest BCUT2D eigenvalue weighted by Gasteiger charge is 2.22. The Morgan fingerprint density at radius 1 is 1.30 bits per heavy atom. The molecule has 0 bridgehead atoms. The van der Waals surface area contributed by atoms with Gasteiger partial charge in [0.25, 0.3) is 5.91 Å². The second kappa shape index (κ2) is 6.81. The van der Waals surface area contributed by atoms with Gasteiger partial charge in [0.15, 0.2) is 0 Å². The van der Waals surface area contributed by atoms with Gasteiger partial charge in [-0.3, -0.25) is 4.79 Å². The molecule has 23 heavy (non-hydrogen) atoms. The van der Waals surface area contributed by atoms with Crippen LogP contribution in [0.25, 0.3) is 0 Å². The highest BCUT2D eigenvalue weighted by Crippen LogP contribution is 2.27. The zero-order valence-corrected chi connectivity index (χ0v) is 15.3. The van der Waals surface area contributed by atoms with Crippen LogP contribution in [0.5, 0.6) is 0 Å². The van der Waals surface area contributed by atoms with Crippen molar-refractivity contribution in [2.24, 2.45) is 5.73 Å². The molecule has 0 spiro atoms. The van der Waals surface area contributed by atoms with Crippen LogP contribution in [0.15, 0.2) is 24.3 Å². The van der Waals surface area contributed by atoms with E-state index in [1.807, 2.05) is 26.1 Å². The van der Waals surface area contributed by atoms with E-state index in [2.05, 4.69) is 37.9 Å². The smallest absolute Gasteiger partial charge is 0.273 e. The van der Waals surface area contributed by atoms with E-state index in [-0.39, 0.29) is 11.3 Å². The first kappa shape index (κ1) is 17.6. The van der Waals surface area contributed by atoms with Crippen molar-refractivity contribution in [2.45, 2.75) is 46.2 Å². The van der Waals surface area contributed by atoms with Crippen molar-refractivity contribution < 1.29 is 4.79 Å². The third kappa shape index (κ3) is 3.98. The van der Waals surface area contributed by atoms with Gasteiger partial charge < -0.3 is 10.6 Å². The second-order valence-corrected chi connectivity index (χ2v) is 8.07. The molecule has 4 nitrogen and oxygen atoms in total. The summed E-state index contributed by atoms with van der Waals surface area (Å²) >= 11 is 1.49. The van der Waals surface area contributed by atoms with Crippen molar-refractivity contribution in [1.29, 1.82) is 0 Å². The zero-order chi connectivity index (χ0) is 17.2. The van der Waals surface area contributed by atoms with E-state index in [9.17, 15) is 4.79 Å². The summed E-state index contributed by atoms with van der Waals surface area (Å²) in [7, 11) is 1.82. The Bertz CT molecular complexity index is 701. The number of aryl methyl sites for hydroxylation is 1. The van der Waals surface area contributed by atoms with Gasteiger partial charge in [-0.2, -0.15) is 0 Å². The number of carbonyl (C=O) groups is 1. The molecule has 0 saturated heterocycles. The van der Waals surface area contributed by atoms with Crippen molar-refractivity contribution in [2.75, 3.05) is 7.05 Å². The van der Waals surface area contributed by atoms with Gasteiger partial charge in [-0.15, -0.1) is 11.3 Å². The molecule has 2 N–H and O–H groups in total. The van der Waals surface area contributed by atoms with E-state index in [0.717, 1.165) is 9.88 Å². The summed E-state index contributed by atoms with van der Waals surface area (Å²) in [5, 5.41) is 0.800. The van der Waals surface area contributed by atoms with Crippen LogP contribution < -0.4 is 5.73 Å². The lowest BCUT2D eigenvalue weighted by atomic mass is 9.83. The summed E-state index contributed by atoms with van der Waals surface area (Å²) in [4.78, 5) is 19.7. The monoisotopic (exact) mass is 331 g/mol. The zero-order valence-electron chi connectivity index (χ0n) is 14.5. The maximum absolute atomic E-state index is 12.7. The third-order valence-corrected chi connectivity index (χ3v) is 4.79. The highest BCUT2D eigenvalue weighted by atomic mass is 32.1. The number of nitrogens with two attached hydrogens (primary N) is 1. The third-order valence-electron chi connectivity index (χ3n) is 3.80. The van der Waals surface area contributed by atoms with E-state index >= 15 is 0 Å². The molecule has 1 aromatic carbocycles. The standard InChI is InChI=1S/C18H25N3OS/c1-12-16(20-15(10-19)23-12)17(22)21(5)11-13-8-6-7-9-14(13)18(2,3)4/h6-9H,10-11,19H2,1-5H3. The van der Waals surface area contributed by atoms with Gasteiger partial charge >= 0.3 is 0 Å². The van der Waals surface area contributed by atoms with E-state index in [1.54, 1.807) is 4.90 Å². The Labute approximate surface area is 142 Å². The van der Waals surface area contributed by atoms with Gasteiger partial charge in [-0.1, -0.05) is 45.0 Å². The number of carbonyl (C=O) groups excluding carboxylic acids is 1. The quantitative estimate of drug-likeness (QED) is 0.933. The normalized spacial score (nSPS) is 11.6. The molecule has 2 rings (SSSR count). The van der Waals surface area contributed by atoms with Gasteiger partial charge in [0, 0.05) is 25.0 Å². The maximum Gasteiger partial charge on any atom is 0.273 e. The fraction of sp³-hybridized carbons (Fsp3) is 0.444. The van der Waals surface area contributed by atoms with E-state index in [1.165, 1.54) is 22.5 Å². The molecule has 0 aliphatic heterocycles. The first-order chi connectivity index (χ1) is 10.7. The second-order valence-electron chi connectivity index (χ2n) is 6.78. The summed E-state index contributed by atoms with van der Waals surface area (Å²) < 4.78 is 0. The van der Waals surface area contributed by atoms with Gasteiger partial charge in [-0.25, -0.2) is 4.98 Å². The Morgan fingerprint density at radius 3 is 2.52 bits per heavy atom. The lowest BCUT2D eigenvalue weighted by molar-refractivity contribution is 0.0778. The molecule has 2 aromatic rings. The van der Waals surface area contributed by atoms with E-state index in [0.29, 0.717) is 18.8 Å². The molecule has 0 unspecified atom stereocenters. The largest absolute Gasteiger partial charge is 0.336 e. The number of amides is 1. The van der Waals surface area contributed by atoms with Crippen LogP contribution in [0, 0.1) is 6.92 Å². The molecule has 1 aromatic heterocycles. The molecule has 0 fully saturated rings. The van der Waals surface area contributed by atoms with Crippen molar-refractivity contribution in [3.8, 4) is 0 Å². The van der Waals surface area contributed by atoms with E-state index < -0.39 is 0 Å². The summed E-state index contributed by atoms with van der Waals surface area (Å²) in [6.45, 7) is 9.42. The summed E-state index contributed by atoms with van der Waals surface area (Å²) in [5.41, 5.74) is 8.62. The maximum atomic E-state index is 12.7. The average molecular weight is 331 g/mol. The first-order valence-corrected chi connectivity index (χ1v) is 8.56. The molecular weight excluding hydrogens is 306 g/mol. The fourth-order valence-electron chi connectivity index (χ4n) is 2.63. The van der Waals surface area contributed by atoms with Crippen molar-refractivity contribution in [3.63, 3.8) is 0 Å². The van der Waals surface area contributed by atoms with Crippen LogP contribution in [0.3, 0.4) is 0 Å². The minimum atomic E-state index is -0.0536. The molecule has 0 saturated carbocycles. The van der Waals surface area contributed by atoms with Crippen LogP contribution in [0.4, 0.5) is 0 Å². The van der Waals surface area contributed by atoms with Crippen molar-refractivity contribution in [1.82, 2.24) is 9.88 Å². The SMILES string of the molecule is Cc1sc(CN)nc1C(=O)N(C)Cc1ccccc1C(C)(C)C. The van der Waals surface area contributed by atoms with Crippen LogP contribution in [0.2, 0.25) is 0 Å². The number of nitrogens with zero attached hydrogens (tertiary/aromatic N) is 2. The molecule has 0 aliphatic rings. The molecule has 1 heterocycles. The number of rotatable bonds is 4. The van der Waals surface area contributed by atoms with Crippen LogP contribution in [-0.4, -0.2) is 22.8 Å². The fourth-order valence-corrected chi connectivity index (χ4v) is 3.44. The van der Waals surface area contributed by atoms with Crippen LogP contribution >= 0.6 is 11.3 Å². The predicted molar refractivity (Wildman–Crippen MR) is 95.7 cm³/mol. The lowest BCUT2D eigenvalue weighted by Gasteiger charge is -2.25. The highest BCUT2D eigenvalue weighted by molar-refractivity contribution is 7.11. The molecule has 1 amide bonds. The molecule has 5 heteroatoms. The van der Waals surface area contributed by atoms with Crippen molar-refractivity contribution >= 4 is 17.2 Å². The van der Waals surface area contributed by atoms with Crippen molar-refractivity contribution in [3.05, 3.63) is 51.0 Å². The minimum absolute atomic E-state index is 0.0454. The molecule has 0 aliphatic carbocycles. The number of hydrogen-bond acceptors (Lipinski definition) is 4. The average Bonchev–Trinajstić information content (AvgIpc) is 2.87. The van der Waals surface area contributed by atoms with Gasteiger partial charge in [0.05, 0.1) is 0 Å². The van der Waals surface area contributed by atoms with Crippen LogP contribution in [0.1, 0.15) is 52.3 Å². The molecule has 0 radical (unpaired) electrons. The summed E-state index contributed by atoms with van der Waals surface area (Å²) in [6, 6.07) is 8.28. The topological polar surface area (TPSA) is 59.2 Å². The lowest BCUT2D eigenvalue weighted by Crippen LogP contribution is -2.28. The molecule has 124 valence electrons. The number of aromatic nitrogens is 1. The Kier molecular flexibility index (Phi) is 5.22. The molecule has 0 atom stereocenters. The number of thiazole rings is 1. The van der Waals surface area contributed by atoms with E-state index in [4.69, 9.17) is 5.73 Å².